The summed E-state index contributed by atoms with van der Waals surface area (Å²) in [4.78, 5) is 10.6. The number of hydrogen-bond acceptors (Lipinski definition) is 1. The molecule has 0 atom stereocenters. The Morgan fingerprint density at radius 1 is 1.00 bits per heavy atom. The number of Topliss-reactive ketones (excluding diaryl/α,β-unsaturated/α-hetero) is 1. The van der Waals surface area contributed by atoms with Gasteiger partial charge in [0.1, 0.15) is 5.78 Å². The molecule has 0 N–H and O–H groups in total. The molecule has 0 spiro atoms. The smallest absolute Gasteiger partial charge is 0 e. The summed E-state index contributed by atoms with van der Waals surface area (Å²) in [7, 11) is 0. The van der Waals surface area contributed by atoms with Crippen LogP contribution in [0.4, 0.5) is 0 Å². The fourth-order valence-corrected chi connectivity index (χ4v) is 0.965. The van der Waals surface area contributed by atoms with Crippen molar-refractivity contribution in [3.05, 3.63) is 55.8 Å². The zero-order valence-corrected chi connectivity index (χ0v) is 11.1. The largest absolute Gasteiger partial charge is 0 e. The van der Waals surface area contributed by atoms with Gasteiger partial charge in [0.2, 0.25) is 0 Å². The van der Waals surface area contributed by atoms with E-state index in [1.54, 1.807) is 6.92 Å². The molecular formula is C13H12CrO4. The van der Waals surface area contributed by atoms with E-state index in [0.717, 1.165) is 6.42 Å². The molecule has 1 rings (SSSR count). The molecule has 0 fully saturated rings. The van der Waals surface area contributed by atoms with E-state index in [9.17, 15) is 4.79 Å². The van der Waals surface area contributed by atoms with Crippen LogP contribution in [-0.2, 0) is 42.5 Å². The second kappa shape index (κ2) is 24.7. The van der Waals surface area contributed by atoms with E-state index >= 15 is 0 Å². The van der Waals surface area contributed by atoms with Gasteiger partial charge >= 0.3 is 33.9 Å². The Labute approximate surface area is 118 Å². The van der Waals surface area contributed by atoms with Crippen LogP contribution in [-0.4, -0.2) is 5.78 Å². The summed E-state index contributed by atoms with van der Waals surface area (Å²) < 4.78 is 22.5. The predicted molar refractivity (Wildman–Crippen MR) is 57.2 cm³/mol. The molecule has 1 aromatic carbocycles. The summed E-state index contributed by atoms with van der Waals surface area (Å²) in [6.45, 7) is 15.1. The van der Waals surface area contributed by atoms with Crippen LogP contribution in [0.3, 0.4) is 0 Å². The Morgan fingerprint density at radius 3 is 1.72 bits per heavy atom. The van der Waals surface area contributed by atoms with Crippen LogP contribution in [0.1, 0.15) is 18.9 Å². The van der Waals surface area contributed by atoms with Gasteiger partial charge in [-0.15, -0.1) is 0 Å². The predicted octanol–water partition coefficient (Wildman–Crippen LogP) is 2.09. The monoisotopic (exact) mass is 284 g/mol. The topological polar surface area (TPSA) is 76.8 Å². The van der Waals surface area contributed by atoms with Gasteiger partial charge in [-0.05, 0) is 18.9 Å². The van der Waals surface area contributed by atoms with Crippen molar-refractivity contribution in [2.24, 2.45) is 0 Å². The summed E-state index contributed by atoms with van der Waals surface area (Å²) in [5, 5.41) is 0. The van der Waals surface area contributed by atoms with Crippen molar-refractivity contribution in [1.29, 1.82) is 0 Å². The molecule has 0 aliphatic heterocycles. The van der Waals surface area contributed by atoms with Crippen molar-refractivity contribution in [1.82, 2.24) is 0 Å². The first-order valence-corrected chi connectivity index (χ1v) is 4.43. The van der Waals surface area contributed by atoms with Gasteiger partial charge in [-0.3, -0.25) is 0 Å². The third-order valence-corrected chi connectivity index (χ3v) is 1.61. The number of benzene rings is 1. The van der Waals surface area contributed by atoms with Crippen LogP contribution in [0.2, 0.25) is 0 Å². The van der Waals surface area contributed by atoms with Crippen LogP contribution >= 0.6 is 0 Å². The van der Waals surface area contributed by atoms with Crippen molar-refractivity contribution in [2.75, 3.05) is 0 Å². The Morgan fingerprint density at radius 2 is 1.39 bits per heavy atom. The maximum atomic E-state index is 10.6. The van der Waals surface area contributed by atoms with Crippen molar-refractivity contribution < 1.29 is 36.1 Å². The van der Waals surface area contributed by atoms with Crippen LogP contribution in [0, 0.1) is 20.0 Å². The quantitative estimate of drug-likeness (QED) is 0.618. The third kappa shape index (κ3) is 20.1. The van der Waals surface area contributed by atoms with Gasteiger partial charge in [0.15, 0.2) is 0 Å². The molecule has 0 amide bonds. The first-order valence-electron chi connectivity index (χ1n) is 4.43. The number of rotatable bonds is 3. The number of carbonyl (C=O) groups excluding carboxylic acids is 1. The maximum Gasteiger partial charge on any atom is 0 e. The standard InChI is InChI=1S/C10H12O.3CO.Cr/c1-9(11)7-8-10-5-3-2-4-6-10;3*1-2;/h2-6H,7-8H2,1H3;;;;. The van der Waals surface area contributed by atoms with E-state index in [-0.39, 0.29) is 23.1 Å². The molecule has 18 heavy (non-hydrogen) atoms. The van der Waals surface area contributed by atoms with E-state index in [2.05, 4.69) is 20.0 Å². The maximum absolute atomic E-state index is 10.6. The van der Waals surface area contributed by atoms with Gasteiger partial charge in [0.25, 0.3) is 0 Å². The van der Waals surface area contributed by atoms with Crippen molar-refractivity contribution in [2.45, 2.75) is 19.8 Å². The summed E-state index contributed by atoms with van der Waals surface area (Å²) in [6.07, 6.45) is 1.53. The first-order chi connectivity index (χ1) is 8.29. The number of carbonyl (C=O) groups is 1. The molecular weight excluding hydrogens is 272 g/mol. The van der Waals surface area contributed by atoms with Crippen molar-refractivity contribution >= 4 is 5.78 Å². The van der Waals surface area contributed by atoms with E-state index < -0.39 is 0 Å². The van der Waals surface area contributed by atoms with Gasteiger partial charge in [0, 0.05) is 23.8 Å². The Bertz CT molecular complexity index is 327. The molecule has 0 bridgehead atoms. The fourth-order valence-electron chi connectivity index (χ4n) is 0.965. The zero-order chi connectivity index (χ0) is 14.1. The summed E-state index contributed by atoms with van der Waals surface area (Å²) >= 11 is 0. The Balaban J connectivity index is -0.000000123. The fraction of sp³-hybridized carbons (Fsp3) is 0.231. The molecule has 0 saturated heterocycles. The molecule has 0 heterocycles. The average Bonchev–Trinajstić information content (AvgIpc) is 2.44. The van der Waals surface area contributed by atoms with Crippen molar-refractivity contribution in [3.8, 4) is 0 Å². The number of hydrogen-bond donors (Lipinski definition) is 0. The molecule has 5 heteroatoms. The minimum absolute atomic E-state index is 0. The third-order valence-electron chi connectivity index (χ3n) is 1.61. The molecule has 94 valence electrons. The van der Waals surface area contributed by atoms with E-state index in [1.165, 1.54) is 5.56 Å². The summed E-state index contributed by atoms with van der Waals surface area (Å²) in [5.41, 5.74) is 1.24. The van der Waals surface area contributed by atoms with Crippen molar-refractivity contribution in [3.63, 3.8) is 0 Å². The zero-order valence-electron chi connectivity index (χ0n) is 9.84. The molecule has 0 unspecified atom stereocenters. The SMILES string of the molecule is CC(=O)CCc1ccccc1.[C-]#[O+].[C-]#[O+].[C-]#[O+].[Cr]. The van der Waals surface area contributed by atoms with Gasteiger partial charge < -0.3 is 4.79 Å². The second-order valence-electron chi connectivity index (χ2n) is 2.69. The molecule has 0 radical (unpaired) electrons. The molecule has 0 saturated carbocycles. The second-order valence-corrected chi connectivity index (χ2v) is 2.69. The first kappa shape index (κ1) is 25.5. The minimum atomic E-state index is 0. The van der Waals surface area contributed by atoms with Crippen LogP contribution < -0.4 is 0 Å². The van der Waals surface area contributed by atoms with Gasteiger partial charge in [-0.1, -0.05) is 30.3 Å². The van der Waals surface area contributed by atoms with Crippen LogP contribution in [0.5, 0.6) is 0 Å². The normalized spacial score (nSPS) is 6.17. The van der Waals surface area contributed by atoms with Crippen LogP contribution in [0.15, 0.2) is 30.3 Å². The van der Waals surface area contributed by atoms with E-state index in [0.29, 0.717) is 6.42 Å². The Hall–Kier alpha value is -1.36. The average molecular weight is 284 g/mol. The molecule has 0 aromatic heterocycles. The van der Waals surface area contributed by atoms with Gasteiger partial charge in [-0.25, -0.2) is 0 Å². The summed E-state index contributed by atoms with van der Waals surface area (Å²) in [6, 6.07) is 10.1. The van der Waals surface area contributed by atoms with E-state index in [4.69, 9.17) is 14.0 Å². The summed E-state index contributed by atoms with van der Waals surface area (Å²) in [5.74, 6) is 0.258. The van der Waals surface area contributed by atoms with E-state index in [1.807, 2.05) is 30.3 Å². The molecule has 0 aliphatic carbocycles. The number of aryl methyl sites for hydroxylation is 1. The van der Waals surface area contributed by atoms with Gasteiger partial charge in [0.05, 0.1) is 0 Å². The molecule has 1 aromatic rings. The van der Waals surface area contributed by atoms with Crippen LogP contribution in [0.25, 0.3) is 0 Å². The Kier molecular flexibility index (Phi) is 35.0. The number of ketones is 1. The minimum Gasteiger partial charge on any atom is 0 e. The molecule has 0 aliphatic rings. The van der Waals surface area contributed by atoms with Gasteiger partial charge in [-0.2, -0.15) is 0 Å². The molecule has 4 nitrogen and oxygen atoms in total.